The van der Waals surface area contributed by atoms with E-state index in [2.05, 4.69) is 37.4 Å². The van der Waals surface area contributed by atoms with Crippen LogP contribution in [0.25, 0.3) is 0 Å². The van der Waals surface area contributed by atoms with Crippen molar-refractivity contribution in [3.63, 3.8) is 0 Å². The first-order chi connectivity index (χ1) is 13.0. The monoisotopic (exact) mass is 381 g/mol. The molecule has 3 rings (SSSR count). The minimum absolute atomic E-state index is 0.00629. The van der Waals surface area contributed by atoms with Crippen LogP contribution >= 0.6 is 11.6 Å². The summed E-state index contributed by atoms with van der Waals surface area (Å²) in [4.78, 5) is 14.5. The van der Waals surface area contributed by atoms with Crippen LogP contribution in [0, 0.1) is 17.2 Å². The van der Waals surface area contributed by atoms with Gasteiger partial charge in [0.2, 0.25) is 5.91 Å². The average molecular weight is 382 g/mol. The number of nitriles is 1. The highest BCUT2D eigenvalue weighted by molar-refractivity contribution is 6.32. The lowest BCUT2D eigenvalue weighted by atomic mass is 9.91. The molecule has 0 aliphatic carbocycles. The number of hydrogen-bond acceptors (Lipinski definition) is 3. The van der Waals surface area contributed by atoms with E-state index in [4.69, 9.17) is 16.9 Å². The summed E-state index contributed by atoms with van der Waals surface area (Å²) in [6, 6.07) is 17.9. The zero-order valence-electron chi connectivity index (χ0n) is 15.7. The Bertz CT molecular complexity index is 846. The maximum atomic E-state index is 12.6. The molecule has 27 heavy (non-hydrogen) atoms. The highest BCUT2D eigenvalue weighted by Gasteiger charge is 2.37. The molecule has 2 aromatic rings. The third kappa shape index (κ3) is 4.26. The molecule has 4 nitrogen and oxygen atoms in total. The van der Waals surface area contributed by atoms with Gasteiger partial charge in [0.05, 0.1) is 16.6 Å². The Hall–Kier alpha value is -2.51. The van der Waals surface area contributed by atoms with Crippen LogP contribution in [0.2, 0.25) is 5.02 Å². The van der Waals surface area contributed by atoms with Gasteiger partial charge in [-0.1, -0.05) is 48.9 Å². The molecule has 5 heteroatoms. The average Bonchev–Trinajstić information content (AvgIpc) is 3.07. The molecule has 0 spiro atoms. The van der Waals surface area contributed by atoms with Crippen molar-refractivity contribution in [2.45, 2.75) is 38.8 Å². The second-order valence-corrected chi connectivity index (χ2v) is 7.51. The predicted octanol–water partition coefficient (Wildman–Crippen LogP) is 5.01. The topological polar surface area (TPSA) is 56.1 Å². The molecule has 1 N–H and O–H groups in total. The van der Waals surface area contributed by atoms with E-state index in [1.54, 1.807) is 12.1 Å². The van der Waals surface area contributed by atoms with Crippen LogP contribution in [0.5, 0.6) is 0 Å². The van der Waals surface area contributed by atoms with E-state index in [0.29, 0.717) is 17.0 Å². The summed E-state index contributed by atoms with van der Waals surface area (Å²) in [5.74, 6) is 0.387. The van der Waals surface area contributed by atoms with Gasteiger partial charge >= 0.3 is 0 Å². The smallest absolute Gasteiger partial charge is 0.223 e. The Labute approximate surface area is 165 Å². The second kappa shape index (κ2) is 8.45. The number of hydrogen-bond donors (Lipinski definition) is 1. The van der Waals surface area contributed by atoms with Gasteiger partial charge in [0.25, 0.3) is 0 Å². The quantitative estimate of drug-likeness (QED) is 0.764. The summed E-state index contributed by atoms with van der Waals surface area (Å²) in [7, 11) is 0. The number of nitrogens with one attached hydrogen (secondary N) is 1. The van der Waals surface area contributed by atoms with Crippen molar-refractivity contribution in [3.8, 4) is 6.07 Å². The Kier molecular flexibility index (Phi) is 6.03. The SMILES string of the molecule is CCC(C)N1C[C@@H](C(Nc2ccc(C#N)c(Cl)c2)c2ccccc2)CC1=O. The number of carbonyl (C=O) groups excluding carboxylic acids is 1. The van der Waals surface area contributed by atoms with Gasteiger partial charge in [-0.25, -0.2) is 0 Å². The molecule has 1 aliphatic heterocycles. The molecule has 1 heterocycles. The first-order valence-corrected chi connectivity index (χ1v) is 9.71. The Morgan fingerprint density at radius 2 is 2.04 bits per heavy atom. The lowest BCUT2D eigenvalue weighted by Gasteiger charge is -2.28. The van der Waals surface area contributed by atoms with Crippen LogP contribution in [0.15, 0.2) is 48.5 Å². The second-order valence-electron chi connectivity index (χ2n) is 7.11. The number of rotatable bonds is 6. The largest absolute Gasteiger partial charge is 0.378 e. The van der Waals surface area contributed by atoms with E-state index in [1.165, 1.54) is 0 Å². The number of amides is 1. The molecular weight excluding hydrogens is 358 g/mol. The fourth-order valence-corrected chi connectivity index (χ4v) is 3.86. The maximum absolute atomic E-state index is 12.6. The van der Waals surface area contributed by atoms with Gasteiger partial charge in [-0.05, 0) is 37.1 Å². The molecule has 0 bridgehead atoms. The Morgan fingerprint density at radius 3 is 2.67 bits per heavy atom. The zero-order valence-corrected chi connectivity index (χ0v) is 16.4. The van der Waals surface area contributed by atoms with Crippen molar-refractivity contribution in [2.75, 3.05) is 11.9 Å². The van der Waals surface area contributed by atoms with E-state index < -0.39 is 0 Å². The highest BCUT2D eigenvalue weighted by atomic mass is 35.5. The normalized spacial score (nSPS) is 18.8. The van der Waals surface area contributed by atoms with E-state index in [1.807, 2.05) is 29.2 Å². The first-order valence-electron chi connectivity index (χ1n) is 9.34. The molecule has 1 aliphatic rings. The van der Waals surface area contributed by atoms with E-state index in [-0.39, 0.29) is 23.9 Å². The fraction of sp³-hybridized carbons (Fsp3) is 0.364. The molecule has 1 saturated heterocycles. The maximum Gasteiger partial charge on any atom is 0.223 e. The van der Waals surface area contributed by atoms with Gasteiger partial charge < -0.3 is 10.2 Å². The molecule has 1 amide bonds. The molecule has 0 radical (unpaired) electrons. The summed E-state index contributed by atoms with van der Waals surface area (Å²) >= 11 is 6.20. The number of likely N-dealkylation sites (tertiary alicyclic amines) is 1. The Morgan fingerprint density at radius 1 is 1.30 bits per heavy atom. The molecule has 2 aromatic carbocycles. The number of carbonyl (C=O) groups is 1. The summed E-state index contributed by atoms with van der Waals surface area (Å²) in [6.07, 6.45) is 1.48. The third-order valence-electron chi connectivity index (χ3n) is 5.35. The van der Waals surface area contributed by atoms with Crippen LogP contribution in [0.4, 0.5) is 5.69 Å². The van der Waals surface area contributed by atoms with Gasteiger partial charge in [0.15, 0.2) is 0 Å². The first kappa shape index (κ1) is 19.3. The number of benzene rings is 2. The summed E-state index contributed by atoms with van der Waals surface area (Å²) < 4.78 is 0. The van der Waals surface area contributed by atoms with Crippen LogP contribution < -0.4 is 5.32 Å². The summed E-state index contributed by atoms with van der Waals surface area (Å²) in [5, 5.41) is 13.1. The number of nitrogens with zero attached hydrogens (tertiary/aromatic N) is 2. The van der Waals surface area contributed by atoms with Crippen molar-refractivity contribution >= 4 is 23.2 Å². The molecule has 140 valence electrons. The van der Waals surface area contributed by atoms with Gasteiger partial charge in [-0.2, -0.15) is 5.26 Å². The zero-order chi connectivity index (χ0) is 19.4. The van der Waals surface area contributed by atoms with Crippen LogP contribution in [0.3, 0.4) is 0 Å². The van der Waals surface area contributed by atoms with Gasteiger partial charge in [0, 0.05) is 30.6 Å². The van der Waals surface area contributed by atoms with Crippen LogP contribution in [0.1, 0.15) is 43.9 Å². The van der Waals surface area contributed by atoms with E-state index in [9.17, 15) is 4.79 Å². The third-order valence-corrected chi connectivity index (χ3v) is 5.67. The van der Waals surface area contributed by atoms with Crippen molar-refractivity contribution < 1.29 is 4.79 Å². The van der Waals surface area contributed by atoms with E-state index in [0.717, 1.165) is 24.2 Å². The van der Waals surface area contributed by atoms with Crippen LogP contribution in [-0.4, -0.2) is 23.4 Å². The van der Waals surface area contributed by atoms with Crippen molar-refractivity contribution in [3.05, 3.63) is 64.7 Å². The number of halogens is 1. The minimum atomic E-state index is -0.00629. The van der Waals surface area contributed by atoms with E-state index >= 15 is 0 Å². The Balaban J connectivity index is 1.88. The molecule has 2 unspecified atom stereocenters. The van der Waals surface area contributed by atoms with Crippen molar-refractivity contribution in [2.24, 2.45) is 5.92 Å². The molecule has 1 fully saturated rings. The number of anilines is 1. The van der Waals surface area contributed by atoms with Crippen LogP contribution in [-0.2, 0) is 4.79 Å². The molecular formula is C22H24ClN3O. The fourth-order valence-electron chi connectivity index (χ4n) is 3.64. The van der Waals surface area contributed by atoms with Crippen molar-refractivity contribution in [1.82, 2.24) is 4.90 Å². The minimum Gasteiger partial charge on any atom is -0.378 e. The van der Waals surface area contributed by atoms with Gasteiger partial charge in [0.1, 0.15) is 6.07 Å². The standard InChI is InChI=1S/C22H24ClN3O/c1-3-15(2)26-14-18(11-21(26)27)22(16-7-5-4-6-8-16)25-19-10-9-17(13-24)20(23)12-19/h4-10,12,15,18,22,25H,3,11,14H2,1-2H3/t15?,18-,22?/m0/s1. The van der Waals surface area contributed by atoms with Crippen molar-refractivity contribution in [1.29, 1.82) is 5.26 Å². The predicted molar refractivity (Wildman–Crippen MR) is 109 cm³/mol. The molecule has 3 atom stereocenters. The summed E-state index contributed by atoms with van der Waals surface area (Å²) in [6.45, 7) is 4.95. The lowest BCUT2D eigenvalue weighted by molar-refractivity contribution is -0.129. The lowest BCUT2D eigenvalue weighted by Crippen LogP contribution is -2.34. The molecule has 0 aromatic heterocycles. The summed E-state index contributed by atoms with van der Waals surface area (Å²) in [5.41, 5.74) is 2.45. The van der Waals surface area contributed by atoms with Gasteiger partial charge in [-0.3, -0.25) is 4.79 Å². The van der Waals surface area contributed by atoms with Gasteiger partial charge in [-0.15, -0.1) is 0 Å². The molecule has 0 saturated carbocycles. The highest BCUT2D eigenvalue weighted by Crippen LogP contribution is 2.35.